The van der Waals surface area contributed by atoms with E-state index in [0.29, 0.717) is 5.84 Å². The van der Waals surface area contributed by atoms with E-state index in [9.17, 15) is 0 Å². The molecule has 5 heteroatoms. The summed E-state index contributed by atoms with van der Waals surface area (Å²) >= 11 is 0. The SMILES string of the molecule is c1ccc(C2=NC(c3cc4ccccc4c4ccccc34)NC(c3cccc4c(-c5cccc6oc7cc(-c8cccc9oc%10ccccc%10c89)ccc7c56)cccc34)=N2)cc1. The van der Waals surface area contributed by atoms with Crippen molar-refractivity contribution in [2.45, 2.75) is 6.17 Å². The molecule has 1 unspecified atom stereocenters. The summed E-state index contributed by atoms with van der Waals surface area (Å²) in [7, 11) is 0. The van der Waals surface area contributed by atoms with Crippen molar-refractivity contribution in [3.8, 4) is 22.3 Å². The normalized spacial score (nSPS) is 14.3. The van der Waals surface area contributed by atoms with Gasteiger partial charge in [0.05, 0.1) is 0 Å². The fourth-order valence-corrected chi connectivity index (χ4v) is 9.76. The minimum absolute atomic E-state index is 0.374. The van der Waals surface area contributed by atoms with Gasteiger partial charge in [-0.2, -0.15) is 0 Å². The van der Waals surface area contributed by atoms with E-state index < -0.39 is 0 Å². The van der Waals surface area contributed by atoms with E-state index in [1.807, 2.05) is 36.4 Å². The molecular formula is C57H35N3O2. The zero-order valence-electron chi connectivity index (χ0n) is 33.3. The molecule has 62 heavy (non-hydrogen) atoms. The Kier molecular flexibility index (Phi) is 7.60. The summed E-state index contributed by atoms with van der Waals surface area (Å²) in [6.45, 7) is 0. The molecule has 0 saturated carbocycles. The van der Waals surface area contributed by atoms with Gasteiger partial charge in [-0.05, 0) is 91.0 Å². The van der Waals surface area contributed by atoms with Crippen molar-refractivity contribution in [3.05, 3.63) is 217 Å². The first kappa shape index (κ1) is 34.6. The molecule has 0 aliphatic carbocycles. The summed E-state index contributed by atoms with van der Waals surface area (Å²) in [5.41, 5.74) is 11.0. The summed E-state index contributed by atoms with van der Waals surface area (Å²) in [5, 5.41) is 15.2. The van der Waals surface area contributed by atoms with Crippen molar-refractivity contribution in [1.29, 1.82) is 0 Å². The van der Waals surface area contributed by atoms with Crippen LogP contribution in [0.2, 0.25) is 0 Å². The Labute approximate surface area is 355 Å². The molecular weight excluding hydrogens is 759 g/mol. The molecule has 0 bridgehead atoms. The van der Waals surface area contributed by atoms with E-state index in [1.54, 1.807) is 0 Å². The van der Waals surface area contributed by atoms with Crippen molar-refractivity contribution in [3.63, 3.8) is 0 Å². The summed E-state index contributed by atoms with van der Waals surface area (Å²) in [6.07, 6.45) is -0.374. The van der Waals surface area contributed by atoms with Crippen LogP contribution in [-0.2, 0) is 0 Å². The Morgan fingerprint density at radius 2 is 0.952 bits per heavy atom. The van der Waals surface area contributed by atoms with E-state index >= 15 is 0 Å². The molecule has 1 N–H and O–H groups in total. The molecule has 3 heterocycles. The molecule has 0 fully saturated rings. The van der Waals surface area contributed by atoms with Crippen molar-refractivity contribution in [2.75, 3.05) is 0 Å². The smallest absolute Gasteiger partial charge is 0.159 e. The highest BCUT2D eigenvalue weighted by atomic mass is 16.3. The number of rotatable bonds is 5. The molecule has 290 valence electrons. The zero-order valence-corrected chi connectivity index (χ0v) is 33.3. The van der Waals surface area contributed by atoms with Crippen molar-refractivity contribution < 1.29 is 8.83 Å². The van der Waals surface area contributed by atoms with Gasteiger partial charge in [-0.3, -0.25) is 0 Å². The maximum atomic E-state index is 6.69. The van der Waals surface area contributed by atoms with Crippen LogP contribution in [0.4, 0.5) is 0 Å². The predicted octanol–water partition coefficient (Wildman–Crippen LogP) is 14.8. The molecule has 5 nitrogen and oxygen atoms in total. The van der Waals surface area contributed by atoms with Crippen molar-refractivity contribution in [2.24, 2.45) is 9.98 Å². The van der Waals surface area contributed by atoms with E-state index in [1.165, 1.54) is 21.5 Å². The molecule has 0 saturated heterocycles. The lowest BCUT2D eigenvalue weighted by Crippen LogP contribution is -2.33. The van der Waals surface area contributed by atoms with E-state index in [2.05, 4.69) is 169 Å². The number of benzene rings is 10. The van der Waals surface area contributed by atoms with Gasteiger partial charge in [0, 0.05) is 38.2 Å². The number of nitrogens with one attached hydrogen (secondary N) is 1. The van der Waals surface area contributed by atoms with Gasteiger partial charge in [0.1, 0.15) is 34.3 Å². The average Bonchev–Trinajstić information content (AvgIpc) is 3.92. The van der Waals surface area contributed by atoms with Crippen LogP contribution in [0.15, 0.2) is 219 Å². The van der Waals surface area contributed by atoms with E-state index in [4.69, 9.17) is 18.8 Å². The highest BCUT2D eigenvalue weighted by molar-refractivity contribution is 6.21. The Morgan fingerprint density at radius 3 is 1.79 bits per heavy atom. The fraction of sp³-hybridized carbons (Fsp3) is 0.0175. The van der Waals surface area contributed by atoms with Gasteiger partial charge in [0.15, 0.2) is 5.84 Å². The van der Waals surface area contributed by atoms with Crippen molar-refractivity contribution >= 4 is 87.9 Å². The molecule has 0 radical (unpaired) electrons. The Morgan fingerprint density at radius 1 is 0.371 bits per heavy atom. The summed E-state index contributed by atoms with van der Waals surface area (Å²) in [4.78, 5) is 10.6. The number of nitrogens with zero attached hydrogens (tertiary/aromatic N) is 2. The van der Waals surface area contributed by atoms with Gasteiger partial charge in [-0.1, -0.05) is 164 Å². The largest absolute Gasteiger partial charge is 0.456 e. The van der Waals surface area contributed by atoms with Crippen LogP contribution in [-0.4, -0.2) is 11.7 Å². The maximum Gasteiger partial charge on any atom is 0.159 e. The molecule has 1 atom stereocenters. The van der Waals surface area contributed by atoms with Crippen LogP contribution in [0.5, 0.6) is 0 Å². The highest BCUT2D eigenvalue weighted by Gasteiger charge is 2.25. The summed E-state index contributed by atoms with van der Waals surface area (Å²) in [5.74, 6) is 1.48. The van der Waals surface area contributed by atoms with Crippen LogP contribution in [0.25, 0.3) is 98.4 Å². The second kappa shape index (κ2) is 13.6. The lowest BCUT2D eigenvalue weighted by atomic mass is 9.92. The van der Waals surface area contributed by atoms with Crippen LogP contribution >= 0.6 is 0 Å². The Bertz CT molecular complexity index is 3850. The third kappa shape index (κ3) is 5.35. The van der Waals surface area contributed by atoms with Gasteiger partial charge in [0.2, 0.25) is 0 Å². The maximum absolute atomic E-state index is 6.69. The number of furan rings is 2. The molecule has 2 aromatic heterocycles. The first-order valence-electron chi connectivity index (χ1n) is 21.0. The fourth-order valence-electron chi connectivity index (χ4n) is 9.76. The first-order chi connectivity index (χ1) is 30.7. The zero-order chi connectivity index (χ0) is 40.7. The van der Waals surface area contributed by atoms with Gasteiger partial charge in [-0.25, -0.2) is 9.98 Å². The average molecular weight is 794 g/mol. The molecule has 13 rings (SSSR count). The number of amidine groups is 2. The van der Waals surface area contributed by atoms with Crippen LogP contribution in [0.3, 0.4) is 0 Å². The topological polar surface area (TPSA) is 63.0 Å². The third-order valence-corrected chi connectivity index (χ3v) is 12.5. The van der Waals surface area contributed by atoms with E-state index in [-0.39, 0.29) is 6.17 Å². The molecule has 0 spiro atoms. The second-order valence-electron chi connectivity index (χ2n) is 16.0. The highest BCUT2D eigenvalue weighted by Crippen LogP contribution is 2.43. The molecule has 1 aliphatic heterocycles. The second-order valence-corrected chi connectivity index (χ2v) is 16.0. The van der Waals surface area contributed by atoms with Gasteiger partial charge in [0.25, 0.3) is 0 Å². The summed E-state index contributed by atoms with van der Waals surface area (Å²) in [6, 6.07) is 70.3. The molecule has 10 aromatic carbocycles. The molecule has 12 aromatic rings. The quantitative estimate of drug-likeness (QED) is 0.177. The standard InChI is InChI=1S/C57H35N3O2/c1-2-14-34(15-3-1)55-58-56(60-57(59-55)48-32-35-16-4-5-17-37(35)39-18-6-7-19-43(39)48)45-26-11-22-40-41(23-10-24-42(40)45)44-25-13-29-51-54(44)47-31-30-36(33-52(47)62-51)38-21-12-28-50-53(38)46-20-8-9-27-49(46)61-50/h1-33,57H,(H,58,59,60). The minimum atomic E-state index is -0.374. The third-order valence-electron chi connectivity index (χ3n) is 12.5. The van der Waals surface area contributed by atoms with Crippen LogP contribution in [0, 0.1) is 0 Å². The number of para-hydroxylation sites is 1. The predicted molar refractivity (Wildman–Crippen MR) is 256 cm³/mol. The van der Waals surface area contributed by atoms with Gasteiger partial charge >= 0.3 is 0 Å². The van der Waals surface area contributed by atoms with Gasteiger partial charge < -0.3 is 14.2 Å². The van der Waals surface area contributed by atoms with Gasteiger partial charge in [-0.15, -0.1) is 0 Å². The molecule has 1 aliphatic rings. The Balaban J connectivity index is 0.952. The van der Waals surface area contributed by atoms with Crippen molar-refractivity contribution in [1.82, 2.24) is 5.32 Å². The minimum Gasteiger partial charge on any atom is -0.456 e. The monoisotopic (exact) mass is 793 g/mol. The number of hydrogen-bond donors (Lipinski definition) is 1. The van der Waals surface area contributed by atoms with Crippen LogP contribution in [0.1, 0.15) is 22.9 Å². The van der Waals surface area contributed by atoms with Crippen LogP contribution < -0.4 is 5.32 Å². The first-order valence-corrected chi connectivity index (χ1v) is 21.0. The number of aliphatic imine (C=N–C) groups is 2. The number of fused-ring (bicyclic) bond motifs is 10. The lowest BCUT2D eigenvalue weighted by molar-refractivity contribution is 0.668. The number of hydrogen-bond acceptors (Lipinski definition) is 5. The lowest BCUT2D eigenvalue weighted by Gasteiger charge is -2.26. The van der Waals surface area contributed by atoms with E-state index in [0.717, 1.165) is 99.4 Å². The Hall–Kier alpha value is -8.28. The molecule has 0 amide bonds. The summed E-state index contributed by atoms with van der Waals surface area (Å²) < 4.78 is 12.9.